The molecule has 0 radical (unpaired) electrons. The van der Waals surface area contributed by atoms with Gasteiger partial charge < -0.3 is 19.1 Å². The largest absolute Gasteiger partial charge is 0.522 e. The summed E-state index contributed by atoms with van der Waals surface area (Å²) in [6.07, 6.45) is -3.67. The number of piperidine rings is 1. The highest BCUT2D eigenvalue weighted by Crippen LogP contribution is 2.41. The lowest BCUT2D eigenvalue weighted by Gasteiger charge is -2.41. The number of likely N-dealkylation sites (tertiary alicyclic amines) is 1. The van der Waals surface area contributed by atoms with Crippen molar-refractivity contribution in [1.29, 1.82) is 0 Å². The maximum Gasteiger partial charge on any atom is 0.522 e. The Morgan fingerprint density at radius 1 is 1.34 bits per heavy atom. The fraction of sp³-hybridized carbons (Fsp3) is 0.476. The molecule has 8 nitrogen and oxygen atoms in total. The van der Waals surface area contributed by atoms with Crippen LogP contribution in [-0.4, -0.2) is 66.3 Å². The molecule has 2 atom stereocenters. The van der Waals surface area contributed by atoms with Crippen LogP contribution in [0.4, 0.5) is 13.2 Å². The van der Waals surface area contributed by atoms with Crippen LogP contribution in [0.25, 0.3) is 0 Å². The summed E-state index contributed by atoms with van der Waals surface area (Å²) in [5.41, 5.74) is -0.155. The van der Waals surface area contributed by atoms with Gasteiger partial charge in [0.05, 0.1) is 27.3 Å². The summed E-state index contributed by atoms with van der Waals surface area (Å²) in [5, 5.41) is 0. The third-order valence-corrected chi connectivity index (χ3v) is 5.32. The van der Waals surface area contributed by atoms with Gasteiger partial charge in [0.25, 0.3) is 5.91 Å². The first kappa shape index (κ1) is 19.9. The van der Waals surface area contributed by atoms with Gasteiger partial charge in [-0.25, -0.2) is 4.98 Å². The van der Waals surface area contributed by atoms with Gasteiger partial charge in [-0.1, -0.05) is 6.07 Å². The zero-order chi connectivity index (χ0) is 24.6. The van der Waals surface area contributed by atoms with Crippen LogP contribution in [0.1, 0.15) is 31.0 Å². The van der Waals surface area contributed by atoms with Crippen molar-refractivity contribution in [3.63, 3.8) is 0 Å². The number of carbonyl (C=O) groups is 1. The summed E-state index contributed by atoms with van der Waals surface area (Å²) in [4.78, 5) is 23.1. The third-order valence-electron chi connectivity index (χ3n) is 5.32. The molecule has 0 aromatic carbocycles. The van der Waals surface area contributed by atoms with Gasteiger partial charge in [0.2, 0.25) is 0 Å². The molecule has 4 rings (SSSR count). The first-order chi connectivity index (χ1) is 16.0. The van der Waals surface area contributed by atoms with E-state index in [0.717, 1.165) is 0 Å². The van der Waals surface area contributed by atoms with E-state index < -0.39 is 37.3 Å². The standard InChI is InChI=1S/C21H22F3N3O5/c1-14-16(29-10-11-31-21(22,23)24)6-5-15(26-14)19(28)27-9-7-20(17-4-2-3-8-25-17)18(12-27)30-13-32-20/h2-6,8,18H,7,9-13H2,1H3/i13D2. The van der Waals surface area contributed by atoms with E-state index in [1.165, 1.54) is 17.0 Å². The molecule has 1 amide bonds. The van der Waals surface area contributed by atoms with Gasteiger partial charge in [-0.05, 0) is 31.2 Å². The average molecular weight is 455 g/mol. The molecule has 2 unspecified atom stereocenters. The van der Waals surface area contributed by atoms with Gasteiger partial charge in [-0.15, -0.1) is 13.2 Å². The van der Waals surface area contributed by atoms with E-state index in [0.29, 0.717) is 11.4 Å². The molecular formula is C21H22F3N3O5. The Morgan fingerprint density at radius 3 is 2.91 bits per heavy atom. The number of carbonyl (C=O) groups excluding carboxylic acids is 1. The molecule has 0 N–H and O–H groups in total. The highest BCUT2D eigenvalue weighted by atomic mass is 19.4. The van der Waals surface area contributed by atoms with Gasteiger partial charge in [-0.3, -0.25) is 14.5 Å². The predicted octanol–water partition coefficient (Wildman–Crippen LogP) is 2.81. The molecule has 2 fully saturated rings. The van der Waals surface area contributed by atoms with E-state index in [1.54, 1.807) is 31.3 Å². The van der Waals surface area contributed by atoms with Crippen molar-refractivity contribution < 1.29 is 39.7 Å². The lowest BCUT2D eigenvalue weighted by molar-refractivity contribution is -0.325. The summed E-state index contributed by atoms with van der Waals surface area (Å²) in [5.74, 6) is -0.170. The number of aromatic nitrogens is 2. The zero-order valence-corrected chi connectivity index (χ0v) is 17.1. The van der Waals surface area contributed by atoms with E-state index in [2.05, 4.69) is 14.7 Å². The monoisotopic (exact) mass is 455 g/mol. The Balaban J connectivity index is 1.44. The SMILES string of the molecule is [2H]C1([2H])OC2CN(C(=O)c3ccc(OCCOC(F)(F)F)c(C)n3)CCC2(c2ccccn2)O1. The van der Waals surface area contributed by atoms with Crippen LogP contribution >= 0.6 is 0 Å². The van der Waals surface area contributed by atoms with Crippen molar-refractivity contribution >= 4 is 5.91 Å². The Bertz CT molecular complexity index is 1040. The van der Waals surface area contributed by atoms with E-state index in [1.807, 2.05) is 0 Å². The number of aryl methyl sites for hydroxylation is 1. The molecule has 0 spiro atoms. The summed E-state index contributed by atoms with van der Waals surface area (Å²) in [6, 6.07) is 8.12. The van der Waals surface area contributed by atoms with Crippen molar-refractivity contribution in [3.8, 4) is 5.75 Å². The zero-order valence-electron chi connectivity index (χ0n) is 19.1. The number of amides is 1. The number of ether oxygens (including phenoxy) is 4. The smallest absolute Gasteiger partial charge is 0.489 e. The van der Waals surface area contributed by atoms with Gasteiger partial charge >= 0.3 is 6.36 Å². The Hall–Kier alpha value is -2.76. The van der Waals surface area contributed by atoms with E-state index in [-0.39, 0.29) is 37.6 Å². The summed E-state index contributed by atoms with van der Waals surface area (Å²) >= 11 is 0. The lowest BCUT2D eigenvalue weighted by atomic mass is 9.85. The fourth-order valence-corrected chi connectivity index (χ4v) is 3.74. The number of halogens is 3. The second-order valence-corrected chi connectivity index (χ2v) is 7.32. The molecule has 0 aliphatic carbocycles. The predicted molar refractivity (Wildman–Crippen MR) is 104 cm³/mol. The molecule has 11 heteroatoms. The number of rotatable bonds is 6. The van der Waals surface area contributed by atoms with Crippen molar-refractivity contribution in [2.24, 2.45) is 0 Å². The number of hydrogen-bond donors (Lipinski definition) is 0. The second kappa shape index (κ2) is 9.00. The van der Waals surface area contributed by atoms with Crippen LogP contribution in [0.3, 0.4) is 0 Å². The summed E-state index contributed by atoms with van der Waals surface area (Å²) in [6.45, 7) is -1.46. The molecule has 4 heterocycles. The molecule has 0 saturated carbocycles. The quantitative estimate of drug-likeness (QED) is 0.620. The van der Waals surface area contributed by atoms with Gasteiger partial charge in [0, 0.05) is 19.2 Å². The van der Waals surface area contributed by atoms with Crippen LogP contribution in [0, 0.1) is 6.92 Å². The van der Waals surface area contributed by atoms with Crippen LogP contribution in [0.2, 0.25) is 0 Å². The first-order valence-corrected chi connectivity index (χ1v) is 9.89. The third kappa shape index (κ3) is 4.69. The molecule has 172 valence electrons. The van der Waals surface area contributed by atoms with E-state index >= 15 is 0 Å². The molecule has 2 aliphatic heterocycles. The maximum absolute atomic E-state index is 13.1. The molecule has 0 bridgehead atoms. The second-order valence-electron chi connectivity index (χ2n) is 7.32. The Morgan fingerprint density at radius 2 is 2.19 bits per heavy atom. The fourth-order valence-electron chi connectivity index (χ4n) is 3.74. The summed E-state index contributed by atoms with van der Waals surface area (Å²) in [7, 11) is 0. The Labute approximate surface area is 185 Å². The van der Waals surface area contributed by atoms with Gasteiger partial charge in [0.15, 0.2) is 0 Å². The number of hydrogen-bond acceptors (Lipinski definition) is 7. The minimum atomic E-state index is -4.73. The lowest BCUT2D eigenvalue weighted by Crippen LogP contribution is -2.54. The molecule has 32 heavy (non-hydrogen) atoms. The van der Waals surface area contributed by atoms with Crippen LogP contribution in [-0.2, 0) is 19.8 Å². The molecule has 2 aromatic heterocycles. The number of alkyl halides is 3. The van der Waals surface area contributed by atoms with Crippen molar-refractivity contribution in [3.05, 3.63) is 53.6 Å². The normalized spacial score (nSPS) is 25.6. The van der Waals surface area contributed by atoms with Gasteiger partial charge in [0.1, 0.15) is 36.5 Å². The number of pyridine rings is 2. The van der Waals surface area contributed by atoms with Crippen molar-refractivity contribution in [2.45, 2.75) is 31.4 Å². The molecular weight excluding hydrogens is 431 g/mol. The van der Waals surface area contributed by atoms with Crippen LogP contribution in [0.15, 0.2) is 36.5 Å². The first-order valence-electron chi connectivity index (χ1n) is 10.9. The minimum Gasteiger partial charge on any atom is -0.489 e. The van der Waals surface area contributed by atoms with Crippen LogP contribution < -0.4 is 4.74 Å². The Kier molecular flexibility index (Phi) is 5.60. The van der Waals surface area contributed by atoms with E-state index in [9.17, 15) is 18.0 Å². The molecule has 2 saturated heterocycles. The van der Waals surface area contributed by atoms with Crippen LogP contribution in [0.5, 0.6) is 5.75 Å². The number of fused-ring (bicyclic) bond motifs is 1. The maximum atomic E-state index is 13.1. The highest BCUT2D eigenvalue weighted by molar-refractivity contribution is 5.92. The van der Waals surface area contributed by atoms with Gasteiger partial charge in [-0.2, -0.15) is 0 Å². The van der Waals surface area contributed by atoms with E-state index in [4.69, 9.17) is 17.0 Å². The molecule has 2 aromatic rings. The van der Waals surface area contributed by atoms with Crippen molar-refractivity contribution in [2.75, 3.05) is 33.0 Å². The molecule has 2 aliphatic rings. The van der Waals surface area contributed by atoms with Crippen molar-refractivity contribution in [1.82, 2.24) is 14.9 Å². The summed E-state index contributed by atoms with van der Waals surface area (Å²) < 4.78 is 72.1. The topological polar surface area (TPSA) is 83.0 Å². The average Bonchev–Trinajstić information content (AvgIpc) is 3.07. The minimum absolute atomic E-state index is 0.0582. The highest BCUT2D eigenvalue weighted by Gasteiger charge is 2.52. The number of nitrogens with zero attached hydrogens (tertiary/aromatic N) is 3.